The molecule has 1 aromatic heterocycles. The van der Waals surface area contributed by atoms with E-state index in [1.165, 1.54) is 12.1 Å². The summed E-state index contributed by atoms with van der Waals surface area (Å²) in [7, 11) is 0. The Morgan fingerprint density at radius 2 is 1.95 bits per heavy atom. The van der Waals surface area contributed by atoms with Gasteiger partial charge in [0.25, 0.3) is 0 Å². The molecular formula is C17H20F2N2. The lowest BCUT2D eigenvalue weighted by atomic mass is 9.91. The summed E-state index contributed by atoms with van der Waals surface area (Å²) in [6.07, 6.45) is 2.71. The second-order valence-electron chi connectivity index (χ2n) is 5.15. The first-order chi connectivity index (χ1) is 10.1. The van der Waals surface area contributed by atoms with Crippen molar-refractivity contribution in [3.63, 3.8) is 0 Å². The van der Waals surface area contributed by atoms with Crippen molar-refractivity contribution >= 4 is 0 Å². The Hall–Kier alpha value is -1.81. The standard InChI is InChI=1S/C17H20F2N2/c1-3-9-21-17(12(2)16-6-4-5-10-20-16)13-7-8-14(18)15(19)11-13/h4-8,10-12,17,21H,3,9H2,1-2H3. The van der Waals surface area contributed by atoms with Gasteiger partial charge in [0, 0.05) is 23.9 Å². The molecule has 0 bridgehead atoms. The van der Waals surface area contributed by atoms with Crippen molar-refractivity contribution in [1.29, 1.82) is 0 Å². The number of pyridine rings is 1. The van der Waals surface area contributed by atoms with Gasteiger partial charge in [-0.3, -0.25) is 4.98 Å². The highest BCUT2D eigenvalue weighted by Gasteiger charge is 2.22. The first-order valence-corrected chi connectivity index (χ1v) is 7.22. The van der Waals surface area contributed by atoms with E-state index in [1.807, 2.05) is 25.1 Å². The monoisotopic (exact) mass is 290 g/mol. The molecule has 2 rings (SSSR count). The molecule has 1 N–H and O–H groups in total. The Kier molecular flexibility index (Phi) is 5.39. The molecule has 0 aliphatic heterocycles. The molecule has 112 valence electrons. The molecule has 0 saturated carbocycles. The van der Waals surface area contributed by atoms with Crippen LogP contribution in [0.4, 0.5) is 8.78 Å². The van der Waals surface area contributed by atoms with E-state index in [0.717, 1.165) is 24.2 Å². The molecule has 0 radical (unpaired) electrons. The van der Waals surface area contributed by atoms with Crippen LogP contribution < -0.4 is 5.32 Å². The first-order valence-electron chi connectivity index (χ1n) is 7.22. The second kappa shape index (κ2) is 7.27. The fourth-order valence-corrected chi connectivity index (χ4v) is 2.41. The number of benzene rings is 1. The summed E-state index contributed by atoms with van der Waals surface area (Å²) in [6.45, 7) is 4.92. The summed E-state index contributed by atoms with van der Waals surface area (Å²) in [5.41, 5.74) is 1.66. The smallest absolute Gasteiger partial charge is 0.159 e. The van der Waals surface area contributed by atoms with Crippen LogP contribution in [-0.4, -0.2) is 11.5 Å². The molecule has 21 heavy (non-hydrogen) atoms. The summed E-state index contributed by atoms with van der Waals surface area (Å²) >= 11 is 0. The van der Waals surface area contributed by atoms with Crippen LogP contribution in [0.15, 0.2) is 42.6 Å². The summed E-state index contributed by atoms with van der Waals surface area (Å²) < 4.78 is 26.6. The Morgan fingerprint density at radius 3 is 2.57 bits per heavy atom. The third kappa shape index (κ3) is 3.85. The van der Waals surface area contributed by atoms with Gasteiger partial charge in [-0.2, -0.15) is 0 Å². The van der Waals surface area contributed by atoms with Crippen molar-refractivity contribution in [2.75, 3.05) is 6.54 Å². The minimum atomic E-state index is -0.821. The van der Waals surface area contributed by atoms with E-state index in [9.17, 15) is 8.78 Å². The minimum Gasteiger partial charge on any atom is -0.309 e. The summed E-state index contributed by atoms with van der Waals surface area (Å²) in [5, 5.41) is 3.40. The van der Waals surface area contributed by atoms with Crippen LogP contribution >= 0.6 is 0 Å². The van der Waals surface area contributed by atoms with Gasteiger partial charge in [0.15, 0.2) is 11.6 Å². The Balaban J connectivity index is 2.31. The van der Waals surface area contributed by atoms with Crippen LogP contribution in [0, 0.1) is 11.6 Å². The van der Waals surface area contributed by atoms with E-state index in [0.29, 0.717) is 0 Å². The van der Waals surface area contributed by atoms with E-state index in [4.69, 9.17) is 0 Å². The molecule has 0 saturated heterocycles. The predicted molar refractivity (Wildman–Crippen MR) is 80.0 cm³/mol. The van der Waals surface area contributed by atoms with Gasteiger partial charge in [-0.1, -0.05) is 26.0 Å². The summed E-state index contributed by atoms with van der Waals surface area (Å²) in [5.74, 6) is -1.58. The van der Waals surface area contributed by atoms with E-state index < -0.39 is 11.6 Å². The van der Waals surface area contributed by atoms with Gasteiger partial charge >= 0.3 is 0 Å². The Labute approximate surface area is 124 Å². The van der Waals surface area contributed by atoms with Crippen LogP contribution in [0.2, 0.25) is 0 Å². The summed E-state index contributed by atoms with van der Waals surface area (Å²) in [6, 6.07) is 9.72. The molecular weight excluding hydrogens is 270 g/mol. The zero-order chi connectivity index (χ0) is 15.2. The highest BCUT2D eigenvalue weighted by molar-refractivity contribution is 5.25. The van der Waals surface area contributed by atoms with E-state index in [1.54, 1.807) is 12.3 Å². The molecule has 0 aliphatic rings. The SMILES string of the molecule is CCCNC(c1ccc(F)c(F)c1)C(C)c1ccccn1. The average molecular weight is 290 g/mol. The predicted octanol–water partition coefficient (Wildman–Crippen LogP) is 4.20. The maximum absolute atomic E-state index is 13.5. The lowest BCUT2D eigenvalue weighted by Gasteiger charge is -2.25. The molecule has 4 heteroatoms. The number of rotatable bonds is 6. The van der Waals surface area contributed by atoms with Gasteiger partial charge in [-0.05, 0) is 42.8 Å². The van der Waals surface area contributed by atoms with E-state index >= 15 is 0 Å². The molecule has 2 unspecified atom stereocenters. The van der Waals surface area contributed by atoms with Crippen molar-refractivity contribution in [1.82, 2.24) is 10.3 Å². The molecule has 1 aromatic carbocycles. The fourth-order valence-electron chi connectivity index (χ4n) is 2.41. The van der Waals surface area contributed by atoms with Crippen LogP contribution in [0.3, 0.4) is 0 Å². The molecule has 0 fully saturated rings. The third-order valence-corrected chi connectivity index (χ3v) is 3.57. The lowest BCUT2D eigenvalue weighted by molar-refractivity contribution is 0.451. The maximum Gasteiger partial charge on any atom is 0.159 e. The van der Waals surface area contributed by atoms with Crippen molar-refractivity contribution in [2.24, 2.45) is 0 Å². The van der Waals surface area contributed by atoms with Crippen LogP contribution in [0.1, 0.15) is 43.5 Å². The van der Waals surface area contributed by atoms with Gasteiger partial charge in [-0.15, -0.1) is 0 Å². The second-order valence-corrected chi connectivity index (χ2v) is 5.15. The normalized spacial score (nSPS) is 13.9. The number of halogens is 2. The summed E-state index contributed by atoms with van der Waals surface area (Å²) in [4.78, 5) is 4.37. The molecule has 0 amide bonds. The van der Waals surface area contributed by atoms with Gasteiger partial charge in [0.05, 0.1) is 0 Å². The largest absolute Gasteiger partial charge is 0.309 e. The van der Waals surface area contributed by atoms with Crippen molar-refractivity contribution in [3.8, 4) is 0 Å². The van der Waals surface area contributed by atoms with Gasteiger partial charge in [0.2, 0.25) is 0 Å². The maximum atomic E-state index is 13.5. The average Bonchev–Trinajstić information content (AvgIpc) is 2.51. The van der Waals surface area contributed by atoms with Gasteiger partial charge in [-0.25, -0.2) is 8.78 Å². The highest BCUT2D eigenvalue weighted by atomic mass is 19.2. The Bertz CT molecular complexity index is 572. The van der Waals surface area contributed by atoms with Crippen LogP contribution in [0.5, 0.6) is 0 Å². The molecule has 2 nitrogen and oxygen atoms in total. The topological polar surface area (TPSA) is 24.9 Å². The van der Waals surface area contributed by atoms with Gasteiger partial charge < -0.3 is 5.32 Å². The van der Waals surface area contributed by atoms with E-state index in [2.05, 4.69) is 17.2 Å². The lowest BCUT2D eigenvalue weighted by Crippen LogP contribution is -2.27. The zero-order valence-electron chi connectivity index (χ0n) is 12.3. The first kappa shape index (κ1) is 15.6. The fraction of sp³-hybridized carbons (Fsp3) is 0.353. The minimum absolute atomic E-state index is 0.0580. The van der Waals surface area contributed by atoms with Crippen molar-refractivity contribution < 1.29 is 8.78 Å². The zero-order valence-corrected chi connectivity index (χ0v) is 12.3. The van der Waals surface area contributed by atoms with Gasteiger partial charge in [0.1, 0.15) is 0 Å². The third-order valence-electron chi connectivity index (χ3n) is 3.57. The molecule has 1 heterocycles. The number of hydrogen-bond donors (Lipinski definition) is 1. The van der Waals surface area contributed by atoms with Crippen molar-refractivity contribution in [2.45, 2.75) is 32.2 Å². The Morgan fingerprint density at radius 1 is 1.14 bits per heavy atom. The number of aromatic nitrogens is 1. The quantitative estimate of drug-likeness (QED) is 0.862. The van der Waals surface area contributed by atoms with E-state index in [-0.39, 0.29) is 12.0 Å². The molecule has 2 aromatic rings. The number of nitrogens with zero attached hydrogens (tertiary/aromatic N) is 1. The number of hydrogen-bond acceptors (Lipinski definition) is 2. The molecule has 0 aliphatic carbocycles. The number of nitrogens with one attached hydrogen (secondary N) is 1. The molecule has 2 atom stereocenters. The van der Waals surface area contributed by atoms with Crippen LogP contribution in [-0.2, 0) is 0 Å². The highest BCUT2D eigenvalue weighted by Crippen LogP contribution is 2.30. The molecule has 0 spiro atoms. The van der Waals surface area contributed by atoms with Crippen LogP contribution in [0.25, 0.3) is 0 Å². The van der Waals surface area contributed by atoms with Crippen molar-refractivity contribution in [3.05, 3.63) is 65.5 Å².